The summed E-state index contributed by atoms with van der Waals surface area (Å²) in [5.41, 5.74) is 0.291. The van der Waals surface area contributed by atoms with Gasteiger partial charge < -0.3 is 4.74 Å². The van der Waals surface area contributed by atoms with Crippen molar-refractivity contribution in [2.45, 2.75) is 33.1 Å². The maximum absolute atomic E-state index is 13.7. The first-order valence-corrected chi connectivity index (χ1v) is 5.64. The number of hydrogen-bond acceptors (Lipinski definition) is 2. The van der Waals surface area contributed by atoms with E-state index >= 15 is 0 Å². The zero-order valence-electron chi connectivity index (χ0n) is 10.2. The molecule has 1 aromatic carbocycles. The second-order valence-electron chi connectivity index (χ2n) is 3.81. The molecule has 0 saturated carbocycles. The van der Waals surface area contributed by atoms with Crippen LogP contribution in [0.4, 0.5) is 8.78 Å². The Hall–Kier alpha value is -1.45. The molecule has 1 unspecified atom stereocenters. The van der Waals surface area contributed by atoms with E-state index in [1.54, 1.807) is 13.8 Å². The summed E-state index contributed by atoms with van der Waals surface area (Å²) in [4.78, 5) is 11.6. The van der Waals surface area contributed by atoms with Gasteiger partial charge in [-0.1, -0.05) is 19.1 Å². The molecule has 1 atom stereocenters. The Morgan fingerprint density at radius 1 is 1.29 bits per heavy atom. The summed E-state index contributed by atoms with van der Waals surface area (Å²) in [5.74, 6) is -3.11. The van der Waals surface area contributed by atoms with E-state index in [2.05, 4.69) is 0 Å². The number of benzene rings is 1. The third-order valence-corrected chi connectivity index (χ3v) is 2.66. The van der Waals surface area contributed by atoms with Crippen molar-refractivity contribution < 1.29 is 18.3 Å². The average Bonchev–Trinajstić information content (AvgIpc) is 2.30. The highest BCUT2D eigenvalue weighted by atomic mass is 19.2. The van der Waals surface area contributed by atoms with Crippen molar-refractivity contribution in [2.24, 2.45) is 0 Å². The molecule has 0 amide bonds. The lowest BCUT2D eigenvalue weighted by Gasteiger charge is -2.15. The molecule has 0 aliphatic rings. The van der Waals surface area contributed by atoms with Crippen LogP contribution in [0, 0.1) is 18.6 Å². The van der Waals surface area contributed by atoms with Crippen molar-refractivity contribution in [3.05, 3.63) is 34.9 Å². The molecule has 0 fully saturated rings. The molecule has 0 saturated heterocycles. The monoisotopic (exact) mass is 242 g/mol. The van der Waals surface area contributed by atoms with Crippen molar-refractivity contribution in [1.82, 2.24) is 0 Å². The Morgan fingerprint density at radius 2 is 1.94 bits per heavy atom. The van der Waals surface area contributed by atoms with Crippen molar-refractivity contribution in [1.29, 1.82) is 0 Å². The number of aryl methyl sites for hydroxylation is 1. The van der Waals surface area contributed by atoms with Gasteiger partial charge >= 0.3 is 5.97 Å². The third-order valence-electron chi connectivity index (χ3n) is 2.66. The minimum atomic E-state index is -0.954. The predicted molar refractivity (Wildman–Crippen MR) is 60.8 cm³/mol. The van der Waals surface area contributed by atoms with Crippen LogP contribution in [0.15, 0.2) is 12.1 Å². The SMILES string of the molecule is CCOC(=O)C(CC)c1ccc(C)c(F)c1F. The molecule has 2 nitrogen and oxygen atoms in total. The van der Waals surface area contributed by atoms with Crippen molar-refractivity contribution in [3.63, 3.8) is 0 Å². The molecular formula is C13H16F2O2. The second kappa shape index (κ2) is 5.75. The van der Waals surface area contributed by atoms with Gasteiger partial charge in [0.15, 0.2) is 11.6 Å². The summed E-state index contributed by atoms with van der Waals surface area (Å²) in [5, 5.41) is 0. The smallest absolute Gasteiger partial charge is 0.313 e. The van der Waals surface area contributed by atoms with E-state index in [4.69, 9.17) is 4.74 Å². The largest absolute Gasteiger partial charge is 0.466 e. The van der Waals surface area contributed by atoms with Crippen LogP contribution in [-0.4, -0.2) is 12.6 Å². The van der Waals surface area contributed by atoms with E-state index in [1.807, 2.05) is 0 Å². The molecule has 4 heteroatoms. The predicted octanol–water partition coefficient (Wildman–Crippen LogP) is 3.33. The maximum Gasteiger partial charge on any atom is 0.313 e. The number of carbonyl (C=O) groups excluding carboxylic acids is 1. The molecule has 0 aromatic heterocycles. The molecule has 0 aliphatic heterocycles. The number of rotatable bonds is 4. The number of ether oxygens (including phenoxy) is 1. The van der Waals surface area contributed by atoms with Gasteiger partial charge in [-0.3, -0.25) is 4.79 Å². The van der Waals surface area contributed by atoms with E-state index in [1.165, 1.54) is 19.1 Å². The lowest BCUT2D eigenvalue weighted by Crippen LogP contribution is -2.17. The highest BCUT2D eigenvalue weighted by molar-refractivity contribution is 5.78. The van der Waals surface area contributed by atoms with Gasteiger partial charge in [-0.05, 0) is 25.8 Å². The molecule has 1 rings (SSSR count). The normalized spacial score (nSPS) is 12.3. The van der Waals surface area contributed by atoms with Crippen LogP contribution >= 0.6 is 0 Å². The van der Waals surface area contributed by atoms with Gasteiger partial charge in [-0.25, -0.2) is 8.78 Å². The quantitative estimate of drug-likeness (QED) is 0.757. The first-order chi connectivity index (χ1) is 8.02. The lowest BCUT2D eigenvalue weighted by atomic mass is 9.95. The summed E-state index contributed by atoms with van der Waals surface area (Å²) in [6.07, 6.45) is 0.373. The van der Waals surface area contributed by atoms with E-state index < -0.39 is 23.5 Å². The standard InChI is InChI=1S/C13H16F2O2/c1-4-9(13(16)17-5-2)10-7-6-8(3)11(14)12(10)15/h6-7,9H,4-5H2,1-3H3. The van der Waals surface area contributed by atoms with Crippen LogP contribution in [0.1, 0.15) is 37.3 Å². The van der Waals surface area contributed by atoms with Gasteiger partial charge in [-0.2, -0.15) is 0 Å². The number of halogens is 2. The fraction of sp³-hybridized carbons (Fsp3) is 0.462. The summed E-state index contributed by atoms with van der Waals surface area (Å²) < 4.78 is 32.0. The molecule has 0 N–H and O–H groups in total. The van der Waals surface area contributed by atoms with Gasteiger partial charge in [0.05, 0.1) is 12.5 Å². The van der Waals surface area contributed by atoms with E-state index in [0.29, 0.717) is 6.42 Å². The van der Waals surface area contributed by atoms with Crippen LogP contribution in [0.3, 0.4) is 0 Å². The Labute approximate surface area is 99.6 Å². The van der Waals surface area contributed by atoms with Gasteiger partial charge in [0.2, 0.25) is 0 Å². The fourth-order valence-electron chi connectivity index (χ4n) is 1.69. The van der Waals surface area contributed by atoms with E-state index in [9.17, 15) is 13.6 Å². The molecule has 94 valence electrons. The van der Waals surface area contributed by atoms with Crippen molar-refractivity contribution >= 4 is 5.97 Å². The Morgan fingerprint density at radius 3 is 2.47 bits per heavy atom. The second-order valence-corrected chi connectivity index (χ2v) is 3.81. The Balaban J connectivity index is 3.13. The first-order valence-electron chi connectivity index (χ1n) is 5.64. The minimum absolute atomic E-state index is 0.0639. The zero-order valence-corrected chi connectivity index (χ0v) is 10.2. The number of esters is 1. The molecule has 0 spiro atoms. The molecule has 0 aliphatic carbocycles. The summed E-state index contributed by atoms with van der Waals surface area (Å²) in [7, 11) is 0. The van der Waals surface area contributed by atoms with Crippen LogP contribution in [0.2, 0.25) is 0 Å². The van der Waals surface area contributed by atoms with Crippen LogP contribution in [0.25, 0.3) is 0 Å². The Kier molecular flexibility index (Phi) is 4.61. The van der Waals surface area contributed by atoms with Crippen LogP contribution < -0.4 is 0 Å². The van der Waals surface area contributed by atoms with Crippen LogP contribution in [0.5, 0.6) is 0 Å². The molecule has 17 heavy (non-hydrogen) atoms. The fourth-order valence-corrected chi connectivity index (χ4v) is 1.69. The highest BCUT2D eigenvalue weighted by Gasteiger charge is 2.25. The first kappa shape index (κ1) is 13.6. The molecule has 1 aromatic rings. The Bertz CT molecular complexity index is 416. The minimum Gasteiger partial charge on any atom is -0.466 e. The molecular weight excluding hydrogens is 226 g/mol. The van der Waals surface area contributed by atoms with Crippen molar-refractivity contribution in [2.75, 3.05) is 6.61 Å². The van der Waals surface area contributed by atoms with E-state index in [-0.39, 0.29) is 17.7 Å². The topological polar surface area (TPSA) is 26.3 Å². The third kappa shape index (κ3) is 2.81. The van der Waals surface area contributed by atoms with Gasteiger partial charge in [0, 0.05) is 5.56 Å². The molecule has 0 bridgehead atoms. The lowest BCUT2D eigenvalue weighted by molar-refractivity contribution is -0.145. The van der Waals surface area contributed by atoms with Gasteiger partial charge in [0.1, 0.15) is 0 Å². The number of hydrogen-bond donors (Lipinski definition) is 0. The molecule has 0 radical (unpaired) electrons. The number of carbonyl (C=O) groups is 1. The molecule has 0 heterocycles. The summed E-state index contributed by atoms with van der Waals surface area (Å²) in [6.45, 7) is 5.12. The summed E-state index contributed by atoms with van der Waals surface area (Å²) >= 11 is 0. The summed E-state index contributed by atoms with van der Waals surface area (Å²) in [6, 6.07) is 2.91. The van der Waals surface area contributed by atoms with Gasteiger partial charge in [-0.15, -0.1) is 0 Å². The van der Waals surface area contributed by atoms with E-state index in [0.717, 1.165) is 0 Å². The van der Waals surface area contributed by atoms with Crippen molar-refractivity contribution in [3.8, 4) is 0 Å². The zero-order chi connectivity index (χ0) is 13.0. The highest BCUT2D eigenvalue weighted by Crippen LogP contribution is 2.26. The maximum atomic E-state index is 13.7. The van der Waals surface area contributed by atoms with Gasteiger partial charge in [0.25, 0.3) is 0 Å². The van der Waals surface area contributed by atoms with Crippen LogP contribution in [-0.2, 0) is 9.53 Å². The average molecular weight is 242 g/mol.